The SMILES string of the molecule is Cc1c(Br)cc(CO)cc1S(=O)(=O)NC1C(C)(C)C1(C)C. The molecule has 2 N–H and O–H groups in total. The van der Waals surface area contributed by atoms with Crippen molar-refractivity contribution in [2.24, 2.45) is 10.8 Å². The highest BCUT2D eigenvalue weighted by molar-refractivity contribution is 9.10. The minimum absolute atomic E-state index is 0.0696. The van der Waals surface area contributed by atoms with Gasteiger partial charge in [0.1, 0.15) is 0 Å². The molecule has 0 amide bonds. The number of rotatable bonds is 4. The second kappa shape index (κ2) is 5.05. The highest BCUT2D eigenvalue weighted by Crippen LogP contribution is 2.63. The van der Waals surface area contributed by atoms with Crippen molar-refractivity contribution in [3.8, 4) is 0 Å². The first-order valence-corrected chi connectivity index (χ1v) is 9.15. The van der Waals surface area contributed by atoms with Gasteiger partial charge in [0.2, 0.25) is 10.0 Å². The number of aliphatic hydroxyl groups is 1. The van der Waals surface area contributed by atoms with E-state index in [1.54, 1.807) is 13.0 Å². The molecule has 0 spiro atoms. The van der Waals surface area contributed by atoms with Crippen LogP contribution in [-0.4, -0.2) is 19.6 Å². The van der Waals surface area contributed by atoms with Crippen LogP contribution < -0.4 is 4.72 Å². The quantitative estimate of drug-likeness (QED) is 0.849. The standard InChI is InChI=1S/C15H22BrNO3S/c1-9-11(16)6-10(8-18)7-12(9)21(19,20)17-13-14(2,3)15(13,4)5/h6-7,13,17-18H,8H2,1-5H3. The first kappa shape index (κ1) is 16.9. The van der Waals surface area contributed by atoms with Crippen molar-refractivity contribution in [3.63, 3.8) is 0 Å². The lowest BCUT2D eigenvalue weighted by Gasteiger charge is -2.13. The minimum atomic E-state index is -3.62. The molecule has 1 aliphatic carbocycles. The Hall–Kier alpha value is -0.430. The van der Waals surface area contributed by atoms with E-state index in [1.165, 1.54) is 6.07 Å². The summed E-state index contributed by atoms with van der Waals surface area (Å²) in [5.41, 5.74) is 1.08. The van der Waals surface area contributed by atoms with Crippen LogP contribution in [0, 0.1) is 17.8 Å². The summed E-state index contributed by atoms with van der Waals surface area (Å²) in [6.45, 7) is 9.81. The van der Waals surface area contributed by atoms with Gasteiger partial charge in [-0.1, -0.05) is 43.6 Å². The number of hydrogen-bond donors (Lipinski definition) is 2. The number of hydrogen-bond acceptors (Lipinski definition) is 3. The molecular formula is C15H22BrNO3S. The van der Waals surface area contributed by atoms with Crippen LogP contribution in [0.3, 0.4) is 0 Å². The molecule has 1 aromatic rings. The highest BCUT2D eigenvalue weighted by Gasteiger charge is 2.66. The third-order valence-electron chi connectivity index (χ3n) is 5.12. The topological polar surface area (TPSA) is 66.4 Å². The molecule has 0 bridgehead atoms. The zero-order valence-corrected chi connectivity index (χ0v) is 15.4. The average Bonchev–Trinajstić information content (AvgIpc) is 2.74. The van der Waals surface area contributed by atoms with E-state index in [2.05, 4.69) is 48.3 Å². The molecule has 2 rings (SSSR count). The summed E-state index contributed by atoms with van der Waals surface area (Å²) < 4.78 is 28.9. The number of sulfonamides is 1. The molecule has 0 radical (unpaired) electrons. The molecule has 0 atom stereocenters. The molecule has 0 saturated heterocycles. The van der Waals surface area contributed by atoms with Gasteiger partial charge in [0, 0.05) is 10.5 Å². The molecule has 1 aliphatic rings. The van der Waals surface area contributed by atoms with Crippen LogP contribution in [0.15, 0.2) is 21.5 Å². The Balaban J connectivity index is 2.40. The van der Waals surface area contributed by atoms with E-state index in [9.17, 15) is 13.5 Å². The molecule has 4 nitrogen and oxygen atoms in total. The number of halogens is 1. The summed E-state index contributed by atoms with van der Waals surface area (Å²) >= 11 is 3.35. The minimum Gasteiger partial charge on any atom is -0.392 e. The van der Waals surface area contributed by atoms with Crippen LogP contribution >= 0.6 is 15.9 Å². The van der Waals surface area contributed by atoms with Crippen LogP contribution in [-0.2, 0) is 16.6 Å². The van der Waals surface area contributed by atoms with Gasteiger partial charge >= 0.3 is 0 Å². The van der Waals surface area contributed by atoms with Gasteiger partial charge in [-0.25, -0.2) is 13.1 Å². The van der Waals surface area contributed by atoms with Crippen molar-refractivity contribution >= 4 is 26.0 Å². The van der Waals surface area contributed by atoms with Crippen LogP contribution in [0.2, 0.25) is 0 Å². The van der Waals surface area contributed by atoms with Gasteiger partial charge in [-0.05, 0) is 41.0 Å². The summed E-state index contributed by atoms with van der Waals surface area (Å²) in [6, 6.07) is 3.18. The summed E-state index contributed by atoms with van der Waals surface area (Å²) in [5.74, 6) is 0. The maximum absolute atomic E-state index is 12.7. The van der Waals surface area contributed by atoms with Crippen molar-refractivity contribution < 1.29 is 13.5 Å². The van der Waals surface area contributed by atoms with Crippen molar-refractivity contribution in [3.05, 3.63) is 27.7 Å². The second-order valence-corrected chi connectivity index (χ2v) is 9.39. The van der Waals surface area contributed by atoms with Gasteiger partial charge in [0.25, 0.3) is 0 Å². The molecule has 1 aromatic carbocycles. The maximum Gasteiger partial charge on any atom is 0.241 e. The third kappa shape index (κ3) is 2.67. The summed E-state index contributed by atoms with van der Waals surface area (Å²) in [4.78, 5) is 0.222. The Morgan fingerprint density at radius 1 is 1.24 bits per heavy atom. The zero-order chi connectivity index (χ0) is 16.2. The van der Waals surface area contributed by atoms with Crippen LogP contribution in [0.25, 0.3) is 0 Å². The summed E-state index contributed by atoms with van der Waals surface area (Å²) in [5, 5.41) is 9.27. The van der Waals surface area contributed by atoms with Gasteiger partial charge < -0.3 is 5.11 Å². The molecular weight excluding hydrogens is 354 g/mol. The van der Waals surface area contributed by atoms with Gasteiger partial charge in [0.05, 0.1) is 11.5 Å². The van der Waals surface area contributed by atoms with Crippen LogP contribution in [0.1, 0.15) is 38.8 Å². The van der Waals surface area contributed by atoms with Gasteiger partial charge in [0.15, 0.2) is 0 Å². The Kier molecular flexibility index (Phi) is 4.07. The van der Waals surface area contributed by atoms with E-state index >= 15 is 0 Å². The summed E-state index contributed by atoms with van der Waals surface area (Å²) in [7, 11) is -3.62. The predicted octanol–water partition coefficient (Wildman–Crippen LogP) is 2.96. The Morgan fingerprint density at radius 2 is 1.76 bits per heavy atom. The second-order valence-electron chi connectivity index (χ2n) is 6.86. The third-order valence-corrected chi connectivity index (χ3v) is 7.50. The maximum atomic E-state index is 12.7. The Bertz CT molecular complexity index is 666. The number of benzene rings is 1. The first-order valence-electron chi connectivity index (χ1n) is 6.87. The lowest BCUT2D eigenvalue weighted by Crippen LogP contribution is -2.30. The van der Waals surface area contributed by atoms with Crippen molar-refractivity contribution in [2.45, 2.75) is 52.2 Å². The van der Waals surface area contributed by atoms with Gasteiger partial charge in [-0.15, -0.1) is 0 Å². The van der Waals surface area contributed by atoms with Crippen molar-refractivity contribution in [1.29, 1.82) is 0 Å². The molecule has 118 valence electrons. The van der Waals surface area contributed by atoms with E-state index in [0.717, 1.165) is 0 Å². The van der Waals surface area contributed by atoms with Crippen molar-refractivity contribution in [1.82, 2.24) is 4.72 Å². The van der Waals surface area contributed by atoms with E-state index in [-0.39, 0.29) is 28.4 Å². The lowest BCUT2D eigenvalue weighted by atomic mass is 10.0. The highest BCUT2D eigenvalue weighted by atomic mass is 79.9. The fraction of sp³-hybridized carbons (Fsp3) is 0.600. The molecule has 1 fully saturated rings. The Labute approximate surface area is 135 Å². The van der Waals surface area contributed by atoms with Crippen LogP contribution in [0.4, 0.5) is 0 Å². The molecule has 0 aromatic heterocycles. The van der Waals surface area contributed by atoms with Gasteiger partial charge in [-0.2, -0.15) is 0 Å². The monoisotopic (exact) mass is 375 g/mol. The average molecular weight is 376 g/mol. The number of aliphatic hydroxyl groups excluding tert-OH is 1. The van der Waals surface area contributed by atoms with E-state index in [4.69, 9.17) is 0 Å². The molecule has 1 saturated carbocycles. The van der Waals surface area contributed by atoms with Gasteiger partial charge in [-0.3, -0.25) is 0 Å². The predicted molar refractivity (Wildman–Crippen MR) is 86.5 cm³/mol. The smallest absolute Gasteiger partial charge is 0.241 e. The molecule has 0 aliphatic heterocycles. The zero-order valence-electron chi connectivity index (χ0n) is 13.0. The molecule has 21 heavy (non-hydrogen) atoms. The largest absolute Gasteiger partial charge is 0.392 e. The van der Waals surface area contributed by atoms with E-state index in [1.807, 2.05) is 0 Å². The number of nitrogens with one attached hydrogen (secondary N) is 1. The first-order chi connectivity index (χ1) is 9.45. The van der Waals surface area contributed by atoms with Crippen molar-refractivity contribution in [2.75, 3.05) is 0 Å². The fourth-order valence-corrected chi connectivity index (χ4v) is 5.27. The fourth-order valence-electron chi connectivity index (χ4n) is 2.79. The van der Waals surface area contributed by atoms with Crippen LogP contribution in [0.5, 0.6) is 0 Å². The lowest BCUT2D eigenvalue weighted by molar-refractivity contribution is 0.281. The normalized spacial score (nSPS) is 20.5. The molecule has 0 unspecified atom stereocenters. The summed E-state index contributed by atoms with van der Waals surface area (Å²) in [6.07, 6.45) is 0. The molecule has 6 heteroatoms. The van der Waals surface area contributed by atoms with E-state index in [0.29, 0.717) is 15.6 Å². The molecule has 0 heterocycles. The van der Waals surface area contributed by atoms with E-state index < -0.39 is 10.0 Å². The Morgan fingerprint density at radius 3 is 2.19 bits per heavy atom.